The zero-order valence-electron chi connectivity index (χ0n) is 11.3. The molecule has 0 saturated carbocycles. The molecule has 5 nitrogen and oxygen atoms in total. The lowest BCUT2D eigenvalue weighted by Crippen LogP contribution is -2.38. The fraction of sp³-hybridized carbons (Fsp3) is 0.571. The van der Waals surface area contributed by atoms with Crippen molar-refractivity contribution in [2.24, 2.45) is 5.92 Å². The molecular weight excluding hydrogens is 242 g/mol. The van der Waals surface area contributed by atoms with Gasteiger partial charge in [-0.2, -0.15) is 5.10 Å². The van der Waals surface area contributed by atoms with Crippen molar-refractivity contribution in [2.45, 2.75) is 19.3 Å². The van der Waals surface area contributed by atoms with Crippen LogP contribution in [0.5, 0.6) is 0 Å². The summed E-state index contributed by atoms with van der Waals surface area (Å²) >= 11 is 0. The van der Waals surface area contributed by atoms with Gasteiger partial charge in [-0.25, -0.2) is 0 Å². The monoisotopic (exact) mass is 263 g/mol. The van der Waals surface area contributed by atoms with Gasteiger partial charge in [-0.3, -0.25) is 9.89 Å². The first-order valence-electron chi connectivity index (χ1n) is 6.74. The average molecular weight is 263 g/mol. The topological polar surface area (TPSA) is 58.2 Å². The number of nitrogens with one attached hydrogen (secondary N) is 1. The number of nitrogens with zero attached hydrogens (tertiary/aromatic N) is 2. The number of allylic oxidation sites excluding steroid dienone is 2. The molecule has 0 radical (unpaired) electrons. The van der Waals surface area contributed by atoms with E-state index in [1.54, 1.807) is 19.4 Å². The van der Waals surface area contributed by atoms with Crippen LogP contribution >= 0.6 is 0 Å². The number of methoxy groups -OCH3 is 1. The Bertz CT molecular complexity index is 414. The third-order valence-corrected chi connectivity index (χ3v) is 3.44. The van der Waals surface area contributed by atoms with Crippen LogP contribution in [-0.2, 0) is 4.74 Å². The number of hydrogen-bond donors (Lipinski definition) is 1. The van der Waals surface area contributed by atoms with E-state index in [2.05, 4.69) is 22.3 Å². The molecule has 1 aromatic heterocycles. The summed E-state index contributed by atoms with van der Waals surface area (Å²) in [6.45, 7) is 1.96. The highest BCUT2D eigenvalue weighted by Crippen LogP contribution is 2.20. The first kappa shape index (κ1) is 13.8. The van der Waals surface area contributed by atoms with E-state index in [9.17, 15) is 4.79 Å². The Morgan fingerprint density at radius 1 is 1.58 bits per heavy atom. The minimum Gasteiger partial charge on any atom is -0.383 e. The van der Waals surface area contributed by atoms with Crippen molar-refractivity contribution in [3.8, 4) is 0 Å². The van der Waals surface area contributed by atoms with Crippen LogP contribution in [0.1, 0.15) is 29.8 Å². The molecule has 1 aliphatic carbocycles. The van der Waals surface area contributed by atoms with E-state index in [1.807, 2.05) is 4.90 Å². The summed E-state index contributed by atoms with van der Waals surface area (Å²) in [6, 6.07) is 1.71. The maximum atomic E-state index is 12.4. The van der Waals surface area contributed by atoms with Crippen molar-refractivity contribution < 1.29 is 9.53 Å². The Labute approximate surface area is 113 Å². The maximum Gasteiger partial charge on any atom is 0.271 e. The van der Waals surface area contributed by atoms with Gasteiger partial charge >= 0.3 is 0 Å². The number of aromatic nitrogens is 2. The SMILES string of the molecule is COCCN(C[C@@H]1CC=CCC1)C(=O)c1ccn[nH]1. The number of amides is 1. The lowest BCUT2D eigenvalue weighted by molar-refractivity contribution is 0.0652. The van der Waals surface area contributed by atoms with Crippen molar-refractivity contribution in [3.63, 3.8) is 0 Å². The Kier molecular flexibility index (Phi) is 5.15. The summed E-state index contributed by atoms with van der Waals surface area (Å²) < 4.78 is 5.10. The lowest BCUT2D eigenvalue weighted by atomic mass is 9.94. The van der Waals surface area contributed by atoms with E-state index in [1.165, 1.54) is 0 Å². The molecule has 0 bridgehead atoms. The van der Waals surface area contributed by atoms with E-state index in [4.69, 9.17) is 4.74 Å². The van der Waals surface area contributed by atoms with Gasteiger partial charge in [0, 0.05) is 26.4 Å². The number of ether oxygens (including phenoxy) is 1. The van der Waals surface area contributed by atoms with Gasteiger partial charge in [0.15, 0.2) is 0 Å². The second-order valence-electron chi connectivity index (χ2n) is 4.86. The van der Waals surface area contributed by atoms with Gasteiger partial charge in [-0.05, 0) is 31.2 Å². The molecule has 2 rings (SSSR count). The molecule has 19 heavy (non-hydrogen) atoms. The minimum absolute atomic E-state index is 0.00380. The van der Waals surface area contributed by atoms with Gasteiger partial charge in [0.25, 0.3) is 5.91 Å². The normalized spacial score (nSPS) is 18.5. The fourth-order valence-electron chi connectivity index (χ4n) is 2.36. The molecule has 0 aromatic carbocycles. The molecule has 0 aliphatic heterocycles. The van der Waals surface area contributed by atoms with Gasteiger partial charge in [0.2, 0.25) is 0 Å². The van der Waals surface area contributed by atoms with Crippen LogP contribution in [0.4, 0.5) is 0 Å². The van der Waals surface area contributed by atoms with E-state index < -0.39 is 0 Å². The van der Waals surface area contributed by atoms with Crippen molar-refractivity contribution in [2.75, 3.05) is 26.8 Å². The molecule has 1 aliphatic rings. The highest BCUT2D eigenvalue weighted by Gasteiger charge is 2.21. The molecule has 0 saturated heterocycles. The summed E-state index contributed by atoms with van der Waals surface area (Å²) in [7, 11) is 1.65. The second-order valence-corrected chi connectivity index (χ2v) is 4.86. The van der Waals surface area contributed by atoms with Crippen LogP contribution in [0.2, 0.25) is 0 Å². The molecule has 1 heterocycles. The Morgan fingerprint density at radius 2 is 2.47 bits per heavy atom. The van der Waals surface area contributed by atoms with Crippen LogP contribution in [0.3, 0.4) is 0 Å². The summed E-state index contributed by atoms with van der Waals surface area (Å²) in [4.78, 5) is 14.2. The molecule has 1 amide bonds. The van der Waals surface area contributed by atoms with Gasteiger partial charge in [-0.1, -0.05) is 12.2 Å². The van der Waals surface area contributed by atoms with E-state index in [-0.39, 0.29) is 5.91 Å². The minimum atomic E-state index is 0.00380. The molecule has 0 fully saturated rings. The Balaban J connectivity index is 1.98. The van der Waals surface area contributed by atoms with Crippen LogP contribution in [0.15, 0.2) is 24.4 Å². The Hall–Kier alpha value is -1.62. The standard InChI is InChI=1S/C14H21N3O2/c1-19-10-9-17(11-12-5-3-2-4-6-12)14(18)13-7-8-15-16-13/h2-3,7-8,12H,4-6,9-11H2,1H3,(H,15,16)/t12-/m1/s1. The first-order valence-corrected chi connectivity index (χ1v) is 6.74. The maximum absolute atomic E-state index is 12.4. The van der Waals surface area contributed by atoms with Crippen LogP contribution < -0.4 is 0 Å². The third-order valence-electron chi connectivity index (χ3n) is 3.44. The summed E-state index contributed by atoms with van der Waals surface area (Å²) in [6.07, 6.45) is 9.35. The van der Waals surface area contributed by atoms with Crippen molar-refractivity contribution in [1.82, 2.24) is 15.1 Å². The van der Waals surface area contributed by atoms with Gasteiger partial charge in [0.05, 0.1) is 6.61 Å². The highest BCUT2D eigenvalue weighted by molar-refractivity contribution is 5.92. The fourth-order valence-corrected chi connectivity index (χ4v) is 2.36. The highest BCUT2D eigenvalue weighted by atomic mass is 16.5. The average Bonchev–Trinajstić information content (AvgIpc) is 2.98. The quantitative estimate of drug-likeness (QED) is 0.797. The second kappa shape index (κ2) is 7.09. The molecular formula is C14H21N3O2. The largest absolute Gasteiger partial charge is 0.383 e. The summed E-state index contributed by atoms with van der Waals surface area (Å²) in [5.41, 5.74) is 0.544. The van der Waals surface area contributed by atoms with Crippen LogP contribution in [0, 0.1) is 5.92 Å². The predicted molar refractivity (Wildman–Crippen MR) is 72.8 cm³/mol. The summed E-state index contributed by atoms with van der Waals surface area (Å²) in [5.74, 6) is 0.554. The molecule has 1 atom stereocenters. The van der Waals surface area contributed by atoms with Gasteiger partial charge in [-0.15, -0.1) is 0 Å². The molecule has 1 N–H and O–H groups in total. The Morgan fingerprint density at radius 3 is 3.11 bits per heavy atom. The van der Waals surface area contributed by atoms with Crippen molar-refractivity contribution >= 4 is 5.91 Å². The molecule has 104 valence electrons. The van der Waals surface area contributed by atoms with Gasteiger partial charge in [0.1, 0.15) is 5.69 Å². The molecule has 0 spiro atoms. The van der Waals surface area contributed by atoms with E-state index in [0.29, 0.717) is 24.8 Å². The zero-order valence-corrected chi connectivity index (χ0v) is 11.3. The van der Waals surface area contributed by atoms with Gasteiger partial charge < -0.3 is 9.64 Å². The zero-order chi connectivity index (χ0) is 13.5. The molecule has 0 unspecified atom stereocenters. The summed E-state index contributed by atoms with van der Waals surface area (Å²) in [5, 5.41) is 6.57. The molecule has 1 aromatic rings. The van der Waals surface area contributed by atoms with E-state index in [0.717, 1.165) is 25.8 Å². The smallest absolute Gasteiger partial charge is 0.271 e. The lowest BCUT2D eigenvalue weighted by Gasteiger charge is -2.27. The van der Waals surface area contributed by atoms with Crippen LogP contribution in [0.25, 0.3) is 0 Å². The van der Waals surface area contributed by atoms with Crippen molar-refractivity contribution in [3.05, 3.63) is 30.1 Å². The number of rotatable bonds is 6. The van der Waals surface area contributed by atoms with Crippen molar-refractivity contribution in [1.29, 1.82) is 0 Å². The number of aromatic amines is 1. The number of carbonyl (C=O) groups excluding carboxylic acids is 1. The van der Waals surface area contributed by atoms with E-state index >= 15 is 0 Å². The third kappa shape index (κ3) is 3.92. The number of H-pyrrole nitrogens is 1. The number of carbonyl (C=O) groups is 1. The van der Waals surface area contributed by atoms with Crippen LogP contribution in [-0.4, -0.2) is 47.8 Å². The predicted octanol–water partition coefficient (Wildman–Crippen LogP) is 1.85. The molecule has 5 heteroatoms. The first-order chi connectivity index (χ1) is 9.31. The number of hydrogen-bond acceptors (Lipinski definition) is 3.